The molecule has 1 unspecified atom stereocenters. The fourth-order valence-corrected chi connectivity index (χ4v) is 2.59. The first-order chi connectivity index (χ1) is 10.3. The summed E-state index contributed by atoms with van der Waals surface area (Å²) in [5.74, 6) is 0. The lowest BCUT2D eigenvalue weighted by Gasteiger charge is -2.21. The average molecular weight is 336 g/mol. The molecule has 0 saturated heterocycles. The van der Waals surface area contributed by atoms with Crippen molar-refractivity contribution >= 4 is 22.5 Å². The van der Waals surface area contributed by atoms with E-state index in [1.807, 2.05) is 0 Å². The number of hydrogen-bond acceptors (Lipinski definition) is 3. The van der Waals surface area contributed by atoms with Crippen LogP contribution in [0.3, 0.4) is 0 Å². The van der Waals surface area contributed by atoms with Crippen molar-refractivity contribution in [1.29, 1.82) is 0 Å². The van der Waals surface area contributed by atoms with Gasteiger partial charge in [0.05, 0.1) is 6.61 Å². The molecule has 2 amide bonds. The van der Waals surface area contributed by atoms with E-state index >= 15 is 0 Å². The van der Waals surface area contributed by atoms with Gasteiger partial charge in [0, 0.05) is 23.2 Å². The number of benzene rings is 1. The maximum atomic E-state index is 12.3. The van der Waals surface area contributed by atoms with Gasteiger partial charge in [-0.3, -0.25) is 0 Å². The minimum atomic E-state index is -4.81. The molecule has 1 aromatic carbocycles. The number of amides is 2. The lowest BCUT2D eigenvalue weighted by molar-refractivity contribution is -0.0384. The third-order valence-corrected chi connectivity index (χ3v) is 4.24. The van der Waals surface area contributed by atoms with Gasteiger partial charge in [-0.05, 0) is 37.1 Å². The normalized spacial score (nSPS) is 16.2. The van der Waals surface area contributed by atoms with Crippen molar-refractivity contribution in [3.05, 3.63) is 24.3 Å². The van der Waals surface area contributed by atoms with E-state index in [1.165, 1.54) is 17.0 Å². The van der Waals surface area contributed by atoms with Crippen LogP contribution in [-0.4, -0.2) is 44.9 Å². The predicted molar refractivity (Wildman–Crippen MR) is 74.7 cm³/mol. The molecular formula is C13H15F3N2O3S. The molecule has 1 aliphatic carbocycles. The second kappa shape index (κ2) is 6.66. The standard InChI is InChI=1S/C13H15F3N2O3S/c14-13(15,16)22(21)11-5-1-9(2-6-11)17-12(20)18(7-8-19)10-3-4-10/h1-2,5-6,10,19H,3-4,7-8H2,(H,17,20). The third kappa shape index (κ3) is 4.20. The van der Waals surface area contributed by atoms with Gasteiger partial charge in [-0.25, -0.2) is 9.00 Å². The highest BCUT2D eigenvalue weighted by atomic mass is 32.2. The largest absolute Gasteiger partial charge is 0.475 e. The molecule has 2 N–H and O–H groups in total. The number of alkyl halides is 3. The molecule has 1 aliphatic rings. The van der Waals surface area contributed by atoms with Crippen molar-refractivity contribution in [2.45, 2.75) is 29.3 Å². The summed E-state index contributed by atoms with van der Waals surface area (Å²) in [6.45, 7) is 0.0418. The van der Waals surface area contributed by atoms with Gasteiger partial charge in [0.2, 0.25) is 0 Å². The summed E-state index contributed by atoms with van der Waals surface area (Å²) in [4.78, 5) is 13.1. The van der Waals surface area contributed by atoms with Crippen molar-refractivity contribution in [2.75, 3.05) is 18.5 Å². The number of urea groups is 1. The second-order valence-electron chi connectivity index (χ2n) is 4.82. The lowest BCUT2D eigenvalue weighted by atomic mass is 10.3. The molecule has 0 aliphatic heterocycles. The Kier molecular flexibility index (Phi) is 5.07. The maximum Gasteiger partial charge on any atom is 0.475 e. The van der Waals surface area contributed by atoms with Gasteiger partial charge in [0.15, 0.2) is 10.8 Å². The summed E-state index contributed by atoms with van der Waals surface area (Å²) >= 11 is 0. The van der Waals surface area contributed by atoms with E-state index in [2.05, 4.69) is 5.32 Å². The van der Waals surface area contributed by atoms with Gasteiger partial charge in [-0.1, -0.05) is 0 Å². The summed E-state index contributed by atoms with van der Waals surface area (Å²) in [7, 11) is -3.09. The van der Waals surface area contributed by atoms with E-state index in [-0.39, 0.29) is 24.1 Å². The van der Waals surface area contributed by atoms with Crippen LogP contribution in [0.1, 0.15) is 12.8 Å². The third-order valence-electron chi connectivity index (χ3n) is 3.12. The number of aliphatic hydroxyl groups excluding tert-OH is 1. The molecule has 0 radical (unpaired) electrons. The Morgan fingerprint density at radius 1 is 1.32 bits per heavy atom. The van der Waals surface area contributed by atoms with Crippen LogP contribution < -0.4 is 5.32 Å². The zero-order valence-corrected chi connectivity index (χ0v) is 12.3. The Morgan fingerprint density at radius 2 is 1.91 bits per heavy atom. The van der Waals surface area contributed by atoms with Gasteiger partial charge >= 0.3 is 11.5 Å². The number of aliphatic hydroxyl groups is 1. The number of halogens is 3. The Balaban J connectivity index is 2.01. The highest BCUT2D eigenvalue weighted by Gasteiger charge is 2.38. The van der Waals surface area contributed by atoms with Crippen LogP contribution in [0.2, 0.25) is 0 Å². The van der Waals surface area contributed by atoms with Crippen molar-refractivity contribution in [2.24, 2.45) is 0 Å². The number of nitrogens with one attached hydrogen (secondary N) is 1. The molecule has 5 nitrogen and oxygen atoms in total. The Morgan fingerprint density at radius 3 is 2.36 bits per heavy atom. The van der Waals surface area contributed by atoms with E-state index in [9.17, 15) is 22.2 Å². The van der Waals surface area contributed by atoms with Crippen molar-refractivity contribution in [3.63, 3.8) is 0 Å². The minimum Gasteiger partial charge on any atom is -0.395 e. The van der Waals surface area contributed by atoms with E-state index in [1.54, 1.807) is 0 Å². The molecule has 1 saturated carbocycles. The fraction of sp³-hybridized carbons (Fsp3) is 0.462. The molecule has 1 atom stereocenters. The molecule has 0 heterocycles. The molecule has 1 fully saturated rings. The SMILES string of the molecule is O=C(Nc1ccc(S(=O)C(F)(F)F)cc1)N(CCO)C1CC1. The molecule has 2 rings (SSSR count). The minimum absolute atomic E-state index is 0.101. The summed E-state index contributed by atoms with van der Waals surface area (Å²) in [6, 6.07) is 4.34. The molecule has 122 valence electrons. The van der Waals surface area contributed by atoms with Crippen molar-refractivity contribution < 1.29 is 27.3 Å². The number of carbonyl (C=O) groups is 1. The summed E-state index contributed by atoms with van der Waals surface area (Å²) in [5.41, 5.74) is -4.51. The van der Waals surface area contributed by atoms with Crippen LogP contribution in [-0.2, 0) is 10.8 Å². The number of rotatable bonds is 5. The number of nitrogens with zero attached hydrogens (tertiary/aromatic N) is 1. The Bertz CT molecular complexity index is 559. The molecule has 0 aromatic heterocycles. The van der Waals surface area contributed by atoms with Gasteiger partial charge in [-0.15, -0.1) is 0 Å². The topological polar surface area (TPSA) is 69.6 Å². The summed E-state index contributed by atoms with van der Waals surface area (Å²) in [5, 5.41) is 11.5. The molecule has 0 spiro atoms. The van der Waals surface area contributed by atoms with Crippen molar-refractivity contribution in [1.82, 2.24) is 4.90 Å². The summed E-state index contributed by atoms with van der Waals surface area (Å²) < 4.78 is 48.1. The Labute approximate surface area is 127 Å². The van der Waals surface area contributed by atoms with Gasteiger partial charge < -0.3 is 15.3 Å². The molecule has 22 heavy (non-hydrogen) atoms. The smallest absolute Gasteiger partial charge is 0.395 e. The highest BCUT2D eigenvalue weighted by Crippen LogP contribution is 2.28. The quantitative estimate of drug-likeness (QED) is 0.867. The first kappa shape index (κ1) is 16.8. The second-order valence-corrected chi connectivity index (χ2v) is 6.29. The molecular weight excluding hydrogens is 321 g/mol. The van der Waals surface area contributed by atoms with Gasteiger partial charge in [-0.2, -0.15) is 13.2 Å². The zero-order chi connectivity index (χ0) is 16.3. The highest BCUT2D eigenvalue weighted by molar-refractivity contribution is 7.86. The van der Waals surface area contributed by atoms with Crippen LogP contribution in [0, 0.1) is 0 Å². The van der Waals surface area contributed by atoms with Crippen LogP contribution in [0.25, 0.3) is 0 Å². The fourth-order valence-electron chi connectivity index (χ4n) is 1.93. The first-order valence-electron chi connectivity index (χ1n) is 6.60. The molecule has 1 aromatic rings. The van der Waals surface area contributed by atoms with Gasteiger partial charge in [0.1, 0.15) is 0 Å². The number of hydrogen-bond donors (Lipinski definition) is 2. The molecule has 0 bridgehead atoms. The van der Waals surface area contributed by atoms with E-state index in [0.717, 1.165) is 25.0 Å². The average Bonchev–Trinajstić information content (AvgIpc) is 3.28. The molecule has 9 heteroatoms. The summed E-state index contributed by atoms with van der Waals surface area (Å²) in [6.07, 6.45) is 1.74. The van der Waals surface area contributed by atoms with E-state index in [4.69, 9.17) is 5.11 Å². The zero-order valence-electron chi connectivity index (χ0n) is 11.5. The maximum absolute atomic E-state index is 12.3. The first-order valence-corrected chi connectivity index (χ1v) is 7.75. The Hall–Kier alpha value is -1.61. The van der Waals surface area contributed by atoms with E-state index < -0.39 is 22.3 Å². The number of carbonyl (C=O) groups excluding carboxylic acids is 1. The predicted octanol–water partition coefficient (Wildman–Crippen LogP) is 2.30. The number of anilines is 1. The lowest BCUT2D eigenvalue weighted by Crippen LogP contribution is -2.38. The monoisotopic (exact) mass is 336 g/mol. The van der Waals surface area contributed by atoms with Gasteiger partial charge in [0.25, 0.3) is 0 Å². The van der Waals surface area contributed by atoms with Crippen LogP contribution >= 0.6 is 0 Å². The van der Waals surface area contributed by atoms with Crippen LogP contribution in [0.5, 0.6) is 0 Å². The van der Waals surface area contributed by atoms with Crippen LogP contribution in [0.15, 0.2) is 29.2 Å². The van der Waals surface area contributed by atoms with Crippen LogP contribution in [0.4, 0.5) is 23.7 Å². The van der Waals surface area contributed by atoms with E-state index in [0.29, 0.717) is 5.69 Å². The van der Waals surface area contributed by atoms with Crippen molar-refractivity contribution in [3.8, 4) is 0 Å².